The van der Waals surface area contributed by atoms with Crippen molar-refractivity contribution in [1.82, 2.24) is 0 Å². The molecule has 2 rings (SSSR count). The highest BCUT2D eigenvalue weighted by Crippen LogP contribution is 2.54. The molecule has 3 atom stereocenters. The molecule has 6 heteroatoms. The molecule has 2 N–H and O–H groups in total. The van der Waals surface area contributed by atoms with Crippen LogP contribution in [-0.2, 0) is 19.4 Å². The molecular weight excluding hydrogens is 278 g/mol. The van der Waals surface area contributed by atoms with Gasteiger partial charge in [0.15, 0.2) is 9.84 Å². The minimum absolute atomic E-state index is 0.0423. The molecule has 0 aliphatic heterocycles. The second kappa shape index (κ2) is 5.18. The topological polar surface area (TPSA) is 86.5 Å². The highest BCUT2D eigenvalue weighted by molar-refractivity contribution is 7.92. The highest BCUT2D eigenvalue weighted by atomic mass is 32.2. The number of hydrogen-bond donors (Lipinski definition) is 1. The van der Waals surface area contributed by atoms with Gasteiger partial charge in [0.1, 0.15) is 5.54 Å². The van der Waals surface area contributed by atoms with Gasteiger partial charge in [-0.2, -0.15) is 0 Å². The van der Waals surface area contributed by atoms with Crippen molar-refractivity contribution in [2.45, 2.75) is 30.6 Å². The van der Waals surface area contributed by atoms with Crippen molar-refractivity contribution in [2.75, 3.05) is 12.4 Å². The molecule has 5 nitrogen and oxygen atoms in total. The maximum absolute atomic E-state index is 12.2. The molecule has 0 spiro atoms. The first-order valence-electron chi connectivity index (χ1n) is 6.62. The summed E-state index contributed by atoms with van der Waals surface area (Å²) in [4.78, 5) is 12.1. The summed E-state index contributed by atoms with van der Waals surface area (Å²) in [6, 6.07) is 9.01. The Kier molecular flexibility index (Phi) is 3.88. The monoisotopic (exact) mass is 297 g/mol. The second-order valence-corrected chi connectivity index (χ2v) is 7.32. The van der Waals surface area contributed by atoms with E-state index in [1.165, 1.54) is 0 Å². The molecule has 1 aromatic carbocycles. The lowest BCUT2D eigenvalue weighted by Crippen LogP contribution is -2.41. The molecule has 1 aliphatic carbocycles. The zero-order valence-corrected chi connectivity index (χ0v) is 12.4. The molecule has 1 saturated carbocycles. The molecule has 20 heavy (non-hydrogen) atoms. The van der Waals surface area contributed by atoms with Crippen molar-refractivity contribution in [3.63, 3.8) is 0 Å². The van der Waals surface area contributed by atoms with Crippen LogP contribution in [0.15, 0.2) is 30.3 Å². The predicted octanol–water partition coefficient (Wildman–Crippen LogP) is 0.848. The highest BCUT2D eigenvalue weighted by Gasteiger charge is 2.73. The summed E-state index contributed by atoms with van der Waals surface area (Å²) in [6.45, 7) is 3.41. The fourth-order valence-corrected chi connectivity index (χ4v) is 4.58. The largest absolute Gasteiger partial charge is 0.465 e. The van der Waals surface area contributed by atoms with Gasteiger partial charge in [-0.15, -0.1) is 0 Å². The minimum Gasteiger partial charge on any atom is -0.465 e. The van der Waals surface area contributed by atoms with E-state index in [0.29, 0.717) is 0 Å². The molecule has 0 unspecified atom stereocenters. The Bertz CT molecular complexity index is 599. The molecular formula is C14H19NO4S. The Morgan fingerprint density at radius 1 is 1.30 bits per heavy atom. The average molecular weight is 297 g/mol. The normalized spacial score (nSPS) is 28.9. The third-order valence-electron chi connectivity index (χ3n) is 3.76. The molecule has 1 aromatic rings. The van der Waals surface area contributed by atoms with Crippen LogP contribution in [0.1, 0.15) is 25.3 Å². The Morgan fingerprint density at radius 3 is 2.40 bits per heavy atom. The summed E-state index contributed by atoms with van der Waals surface area (Å²) in [6.07, 6.45) is 0. The van der Waals surface area contributed by atoms with E-state index in [4.69, 9.17) is 10.5 Å². The molecule has 0 saturated heterocycles. The molecule has 1 aliphatic rings. The molecule has 110 valence electrons. The van der Waals surface area contributed by atoms with Gasteiger partial charge < -0.3 is 10.5 Å². The maximum Gasteiger partial charge on any atom is 0.328 e. The first kappa shape index (κ1) is 15.0. The fraction of sp³-hybridized carbons (Fsp3) is 0.500. The number of benzene rings is 1. The zero-order valence-electron chi connectivity index (χ0n) is 11.6. The van der Waals surface area contributed by atoms with E-state index in [2.05, 4.69) is 0 Å². The van der Waals surface area contributed by atoms with Crippen molar-refractivity contribution in [3.05, 3.63) is 35.9 Å². The summed E-state index contributed by atoms with van der Waals surface area (Å²) in [7, 11) is -3.42. The van der Waals surface area contributed by atoms with Crippen molar-refractivity contribution in [1.29, 1.82) is 0 Å². The van der Waals surface area contributed by atoms with Gasteiger partial charge in [-0.25, -0.2) is 13.2 Å². The number of ether oxygens (including phenoxy) is 1. The van der Waals surface area contributed by atoms with Gasteiger partial charge in [-0.05, 0) is 12.5 Å². The Labute approximate surface area is 119 Å². The van der Waals surface area contributed by atoms with Gasteiger partial charge in [0.25, 0.3) is 0 Å². The van der Waals surface area contributed by atoms with Crippen molar-refractivity contribution >= 4 is 15.8 Å². The van der Waals surface area contributed by atoms with Crippen LogP contribution in [0.25, 0.3) is 0 Å². The van der Waals surface area contributed by atoms with Crippen LogP contribution in [0.3, 0.4) is 0 Å². The summed E-state index contributed by atoms with van der Waals surface area (Å²) in [5.74, 6) is -1.22. The van der Waals surface area contributed by atoms with E-state index in [1.807, 2.05) is 6.07 Å². The molecule has 0 bridgehead atoms. The van der Waals surface area contributed by atoms with E-state index in [9.17, 15) is 13.2 Å². The van der Waals surface area contributed by atoms with Gasteiger partial charge in [-0.1, -0.05) is 37.3 Å². The number of hydrogen-bond acceptors (Lipinski definition) is 5. The minimum atomic E-state index is -3.42. The van der Waals surface area contributed by atoms with Crippen molar-refractivity contribution in [2.24, 2.45) is 5.73 Å². The first-order valence-corrected chi connectivity index (χ1v) is 8.33. The zero-order chi connectivity index (χ0) is 15.0. The maximum atomic E-state index is 12.2. The van der Waals surface area contributed by atoms with Gasteiger partial charge in [-0.3, -0.25) is 0 Å². The molecule has 0 amide bonds. The number of carbonyl (C=O) groups excluding carboxylic acids is 1. The number of rotatable bonds is 5. The van der Waals surface area contributed by atoms with Crippen LogP contribution < -0.4 is 5.73 Å². The van der Waals surface area contributed by atoms with E-state index < -0.39 is 32.5 Å². The third-order valence-corrected chi connectivity index (χ3v) is 6.00. The molecule has 0 heterocycles. The Hall–Kier alpha value is -1.40. The van der Waals surface area contributed by atoms with Crippen LogP contribution in [0.2, 0.25) is 0 Å². The Balaban J connectivity index is 2.42. The van der Waals surface area contributed by atoms with E-state index in [0.717, 1.165) is 5.56 Å². The quantitative estimate of drug-likeness (QED) is 0.814. The summed E-state index contributed by atoms with van der Waals surface area (Å²) in [5.41, 5.74) is 5.39. The summed E-state index contributed by atoms with van der Waals surface area (Å²) in [5, 5.41) is -0.901. The van der Waals surface area contributed by atoms with Crippen molar-refractivity contribution < 1.29 is 17.9 Å². The van der Waals surface area contributed by atoms with Gasteiger partial charge in [0.2, 0.25) is 0 Å². The van der Waals surface area contributed by atoms with E-state index in [-0.39, 0.29) is 12.4 Å². The smallest absolute Gasteiger partial charge is 0.328 e. The van der Waals surface area contributed by atoms with Crippen LogP contribution in [0, 0.1) is 0 Å². The Morgan fingerprint density at radius 2 is 1.90 bits per heavy atom. The lowest BCUT2D eigenvalue weighted by atomic mass is 10.1. The van der Waals surface area contributed by atoms with Crippen LogP contribution in [0.5, 0.6) is 0 Å². The molecule has 0 radical (unpaired) electrons. The number of carbonyl (C=O) groups is 1. The fourth-order valence-electron chi connectivity index (χ4n) is 2.67. The SMILES string of the molecule is CCOC(=O)[C@@]1(N)[C@@H](c2ccccc2)[C@@H]1S(=O)(=O)CC. The number of nitrogens with two attached hydrogens (primary N) is 1. The predicted molar refractivity (Wildman–Crippen MR) is 76.0 cm³/mol. The molecule has 1 fully saturated rings. The van der Waals surface area contributed by atoms with Crippen LogP contribution >= 0.6 is 0 Å². The summed E-state index contributed by atoms with van der Waals surface area (Å²) >= 11 is 0. The van der Waals surface area contributed by atoms with Gasteiger partial charge in [0, 0.05) is 11.7 Å². The lowest BCUT2D eigenvalue weighted by molar-refractivity contribution is -0.145. The average Bonchev–Trinajstić information content (AvgIpc) is 3.09. The third kappa shape index (κ3) is 2.23. The molecule has 0 aromatic heterocycles. The van der Waals surface area contributed by atoms with Crippen molar-refractivity contribution in [3.8, 4) is 0 Å². The number of esters is 1. The number of sulfone groups is 1. The van der Waals surface area contributed by atoms with E-state index in [1.54, 1.807) is 38.1 Å². The van der Waals surface area contributed by atoms with E-state index >= 15 is 0 Å². The standard InChI is InChI=1S/C14H19NO4S/c1-3-19-13(16)14(15)11(10-8-6-5-7-9-10)12(14)20(17,18)4-2/h5-9,11-12H,3-4,15H2,1-2H3/t11-,12-,14+/m0/s1. The lowest BCUT2D eigenvalue weighted by Gasteiger charge is -2.10. The van der Waals surface area contributed by atoms with Crippen LogP contribution in [0.4, 0.5) is 0 Å². The second-order valence-electron chi connectivity index (χ2n) is 4.91. The van der Waals surface area contributed by atoms with Gasteiger partial charge in [0.05, 0.1) is 11.9 Å². The van der Waals surface area contributed by atoms with Crippen LogP contribution in [-0.4, -0.2) is 37.5 Å². The summed E-state index contributed by atoms with van der Waals surface area (Å²) < 4.78 is 29.3. The first-order chi connectivity index (χ1) is 9.39. The van der Waals surface area contributed by atoms with Gasteiger partial charge >= 0.3 is 5.97 Å².